The van der Waals surface area contributed by atoms with Crippen molar-refractivity contribution in [3.8, 4) is 11.1 Å². The SMILES string of the molecule is C=C/C=C\C(=C)C(=C)/C(=C\C=C)c1ccc(N2c3ccccc3C3C2C=CCC32CN(c3cccc(-c4ccccc4)c3)c3ccccc32)cc1. The highest BCUT2D eigenvalue weighted by molar-refractivity contribution is 5.86. The summed E-state index contributed by atoms with van der Waals surface area (Å²) in [5.74, 6) is 0.276. The lowest BCUT2D eigenvalue weighted by Crippen LogP contribution is -2.46. The highest BCUT2D eigenvalue weighted by Gasteiger charge is 2.56. The van der Waals surface area contributed by atoms with Crippen molar-refractivity contribution >= 4 is 28.3 Å². The smallest absolute Gasteiger partial charge is 0.0601 e. The zero-order valence-corrected chi connectivity index (χ0v) is 29.0. The van der Waals surface area contributed by atoms with Crippen LogP contribution in [-0.2, 0) is 5.41 Å². The average molecular weight is 659 g/mol. The van der Waals surface area contributed by atoms with Gasteiger partial charge in [0.05, 0.1) is 6.04 Å². The Kier molecular flexibility index (Phi) is 8.37. The van der Waals surface area contributed by atoms with Gasteiger partial charge in [0.15, 0.2) is 0 Å². The highest BCUT2D eigenvalue weighted by atomic mass is 15.2. The van der Waals surface area contributed by atoms with E-state index in [2.05, 4.69) is 176 Å². The molecular formula is C49H42N2. The first-order valence-electron chi connectivity index (χ1n) is 17.7. The fraction of sp³-hybridized carbons (Fsp3) is 0.102. The predicted octanol–water partition coefficient (Wildman–Crippen LogP) is 12.4. The van der Waals surface area contributed by atoms with Crippen LogP contribution in [0.3, 0.4) is 0 Å². The number of benzene rings is 5. The quantitative estimate of drug-likeness (QED) is 0.115. The van der Waals surface area contributed by atoms with Gasteiger partial charge in [-0.25, -0.2) is 0 Å². The maximum Gasteiger partial charge on any atom is 0.0601 e. The maximum atomic E-state index is 4.37. The first-order valence-corrected chi connectivity index (χ1v) is 17.7. The number of hydrogen-bond acceptors (Lipinski definition) is 2. The molecule has 0 bridgehead atoms. The van der Waals surface area contributed by atoms with Gasteiger partial charge in [-0.2, -0.15) is 0 Å². The Bertz CT molecular complexity index is 2250. The fourth-order valence-corrected chi connectivity index (χ4v) is 8.63. The van der Waals surface area contributed by atoms with Crippen LogP contribution in [-0.4, -0.2) is 12.6 Å². The lowest BCUT2D eigenvalue weighted by molar-refractivity contribution is 0.345. The zero-order valence-electron chi connectivity index (χ0n) is 29.0. The average Bonchev–Trinajstić information content (AvgIpc) is 3.70. The minimum Gasteiger partial charge on any atom is -0.340 e. The summed E-state index contributed by atoms with van der Waals surface area (Å²) in [4.78, 5) is 5.12. The van der Waals surface area contributed by atoms with Gasteiger partial charge in [0.25, 0.3) is 0 Å². The minimum absolute atomic E-state index is 0.0967. The number of anilines is 4. The number of para-hydroxylation sites is 2. The van der Waals surface area contributed by atoms with E-state index in [1.54, 1.807) is 6.08 Å². The Morgan fingerprint density at radius 1 is 0.706 bits per heavy atom. The minimum atomic E-state index is -0.0967. The molecule has 2 heterocycles. The molecule has 5 aromatic rings. The molecule has 0 saturated heterocycles. The van der Waals surface area contributed by atoms with Crippen molar-refractivity contribution < 1.29 is 0 Å². The van der Waals surface area contributed by atoms with E-state index in [0.717, 1.165) is 35.2 Å². The Morgan fingerprint density at radius 3 is 2.22 bits per heavy atom. The number of hydrogen-bond donors (Lipinski definition) is 0. The standard InChI is InChI=1S/C49H42N2/c1-5-7-18-35(3)36(4)42(17-6-2)38-28-30-40(31-29-38)51-45-25-13-11-23-43(45)48-47(51)27-16-32-49(48)34-50(46-26-14-12-24-44(46)49)41-22-15-21-39(33-41)37-19-9-8-10-20-37/h5-31,33,47-48H,1-4,32,34H2/b18-7-,42-17+. The Labute approximate surface area is 302 Å². The van der Waals surface area contributed by atoms with Crippen LogP contribution in [0.15, 0.2) is 207 Å². The van der Waals surface area contributed by atoms with E-state index >= 15 is 0 Å². The molecule has 0 saturated carbocycles. The molecule has 1 aliphatic carbocycles. The summed E-state index contributed by atoms with van der Waals surface area (Å²) >= 11 is 0. The van der Waals surface area contributed by atoms with E-state index in [1.807, 2.05) is 24.3 Å². The van der Waals surface area contributed by atoms with E-state index in [-0.39, 0.29) is 17.4 Å². The van der Waals surface area contributed by atoms with Crippen molar-refractivity contribution in [2.24, 2.45) is 0 Å². The molecule has 2 heteroatoms. The van der Waals surface area contributed by atoms with Gasteiger partial charge in [-0.1, -0.05) is 160 Å². The summed E-state index contributed by atoms with van der Waals surface area (Å²) in [7, 11) is 0. The second-order valence-electron chi connectivity index (χ2n) is 13.7. The van der Waals surface area contributed by atoms with Gasteiger partial charge in [0.2, 0.25) is 0 Å². The molecule has 0 amide bonds. The molecule has 2 aliphatic heterocycles. The molecular weight excluding hydrogens is 617 g/mol. The normalized spacial score (nSPS) is 20.3. The van der Waals surface area contributed by atoms with Crippen LogP contribution < -0.4 is 9.80 Å². The van der Waals surface area contributed by atoms with Crippen molar-refractivity contribution in [2.45, 2.75) is 23.8 Å². The van der Waals surface area contributed by atoms with Gasteiger partial charge in [-0.15, -0.1) is 0 Å². The van der Waals surface area contributed by atoms with Gasteiger partial charge in [-0.3, -0.25) is 0 Å². The Morgan fingerprint density at radius 2 is 1.43 bits per heavy atom. The van der Waals surface area contributed by atoms with Gasteiger partial charge in [0, 0.05) is 40.6 Å². The van der Waals surface area contributed by atoms with Crippen LogP contribution in [0.4, 0.5) is 22.7 Å². The molecule has 3 unspecified atom stereocenters. The molecule has 0 fully saturated rings. The van der Waals surface area contributed by atoms with Gasteiger partial charge < -0.3 is 9.80 Å². The monoisotopic (exact) mass is 658 g/mol. The second kappa shape index (κ2) is 13.3. The van der Waals surface area contributed by atoms with Gasteiger partial charge in [0.1, 0.15) is 0 Å². The molecule has 2 nitrogen and oxygen atoms in total. The molecule has 3 aliphatic rings. The largest absolute Gasteiger partial charge is 0.340 e. The van der Waals surface area contributed by atoms with Crippen molar-refractivity contribution in [1.82, 2.24) is 0 Å². The molecule has 0 aromatic heterocycles. The molecule has 8 rings (SSSR count). The van der Waals surface area contributed by atoms with E-state index in [0.29, 0.717) is 0 Å². The molecule has 5 aromatic carbocycles. The molecule has 0 radical (unpaired) electrons. The topological polar surface area (TPSA) is 6.48 Å². The molecule has 248 valence electrons. The van der Waals surface area contributed by atoms with Crippen molar-refractivity contribution in [3.05, 3.63) is 224 Å². The van der Waals surface area contributed by atoms with Crippen LogP contribution in [0.2, 0.25) is 0 Å². The third-order valence-corrected chi connectivity index (χ3v) is 10.9. The maximum absolute atomic E-state index is 4.37. The summed E-state index contributed by atoms with van der Waals surface area (Å²) in [5, 5.41) is 0. The number of nitrogens with zero attached hydrogens (tertiary/aromatic N) is 2. The summed E-state index contributed by atoms with van der Waals surface area (Å²) in [5.41, 5.74) is 14.0. The summed E-state index contributed by atoms with van der Waals surface area (Å²) in [6, 6.07) is 46.9. The Hall–Kier alpha value is -6.12. The van der Waals surface area contributed by atoms with E-state index in [1.165, 1.54) is 45.0 Å². The molecule has 0 N–H and O–H groups in total. The first kappa shape index (κ1) is 32.1. The summed E-state index contributed by atoms with van der Waals surface area (Å²) in [6.07, 6.45) is 15.3. The lowest BCUT2D eigenvalue weighted by Gasteiger charge is -2.43. The van der Waals surface area contributed by atoms with Gasteiger partial charge in [-0.05, 0) is 87.4 Å². The molecule has 3 atom stereocenters. The lowest BCUT2D eigenvalue weighted by atomic mass is 9.62. The van der Waals surface area contributed by atoms with Crippen LogP contribution in [0.25, 0.3) is 16.7 Å². The highest BCUT2D eigenvalue weighted by Crippen LogP contribution is 2.61. The third kappa shape index (κ3) is 5.45. The third-order valence-electron chi connectivity index (χ3n) is 10.9. The number of rotatable bonds is 9. The zero-order chi connectivity index (χ0) is 35.0. The van der Waals surface area contributed by atoms with Crippen molar-refractivity contribution in [2.75, 3.05) is 16.3 Å². The van der Waals surface area contributed by atoms with Crippen molar-refractivity contribution in [3.63, 3.8) is 0 Å². The Balaban J connectivity index is 1.18. The van der Waals surface area contributed by atoms with Crippen LogP contribution in [0, 0.1) is 0 Å². The van der Waals surface area contributed by atoms with Gasteiger partial charge >= 0.3 is 0 Å². The van der Waals surface area contributed by atoms with Crippen LogP contribution >= 0.6 is 0 Å². The predicted molar refractivity (Wildman–Crippen MR) is 218 cm³/mol. The number of fused-ring (bicyclic) bond motifs is 6. The second-order valence-corrected chi connectivity index (χ2v) is 13.7. The first-order chi connectivity index (χ1) is 25.0. The van der Waals surface area contributed by atoms with E-state index in [4.69, 9.17) is 0 Å². The molecule has 1 spiro atoms. The van der Waals surface area contributed by atoms with Crippen molar-refractivity contribution in [1.29, 1.82) is 0 Å². The van der Waals surface area contributed by atoms with E-state index in [9.17, 15) is 0 Å². The molecule has 51 heavy (non-hydrogen) atoms. The van der Waals surface area contributed by atoms with E-state index < -0.39 is 0 Å². The van der Waals surface area contributed by atoms with Crippen LogP contribution in [0.1, 0.15) is 29.0 Å². The summed E-state index contributed by atoms with van der Waals surface area (Å²) < 4.78 is 0. The number of allylic oxidation sites excluding steroid dienone is 9. The fourth-order valence-electron chi connectivity index (χ4n) is 8.63. The summed E-state index contributed by atoms with van der Waals surface area (Å²) in [6.45, 7) is 17.3. The van der Waals surface area contributed by atoms with Crippen LogP contribution in [0.5, 0.6) is 0 Å².